The van der Waals surface area contributed by atoms with Crippen molar-refractivity contribution in [1.29, 1.82) is 0 Å². The van der Waals surface area contributed by atoms with E-state index < -0.39 is 0 Å². The van der Waals surface area contributed by atoms with Gasteiger partial charge < -0.3 is 10.6 Å². The molecule has 0 aliphatic rings. The molecule has 112 valence electrons. The van der Waals surface area contributed by atoms with E-state index in [1.807, 2.05) is 24.3 Å². The summed E-state index contributed by atoms with van der Waals surface area (Å²) in [7, 11) is 0. The molecule has 2 nitrogen and oxygen atoms in total. The number of halogens is 1. The van der Waals surface area contributed by atoms with E-state index in [2.05, 4.69) is 17.6 Å². The molecule has 1 rings (SSSR count). The van der Waals surface area contributed by atoms with Crippen molar-refractivity contribution in [2.24, 2.45) is 0 Å². The molecule has 0 fully saturated rings. The molecule has 2 N–H and O–H groups in total. The highest BCUT2D eigenvalue weighted by atomic mass is 35.5. The first-order chi connectivity index (χ1) is 9.74. The van der Waals surface area contributed by atoms with Crippen LogP contribution in [-0.2, 0) is 0 Å². The Morgan fingerprint density at radius 2 is 1.70 bits per heavy atom. The second-order valence-corrected chi connectivity index (χ2v) is 5.80. The van der Waals surface area contributed by atoms with Crippen LogP contribution in [0.5, 0.6) is 0 Å². The minimum Gasteiger partial charge on any atom is -0.362 e. The number of anilines is 1. The predicted octanol–water partition coefficient (Wildman–Crippen LogP) is 5.38. The van der Waals surface area contributed by atoms with E-state index in [1.54, 1.807) is 0 Å². The van der Waals surface area contributed by atoms with Gasteiger partial charge in [-0.2, -0.15) is 0 Å². The zero-order chi connectivity index (χ0) is 14.6. The standard InChI is InChI=1S/C16H25ClN2S/c1-2-3-4-5-6-7-10-13-18-16(20)19-15-12-9-8-11-14(15)17/h8-9,11-12H,2-7,10,13H2,1H3,(H2,18,19,20). The third kappa shape index (κ3) is 7.71. The van der Waals surface area contributed by atoms with Gasteiger partial charge >= 0.3 is 0 Å². The molecule has 0 amide bonds. The minimum absolute atomic E-state index is 0.643. The molecule has 1 aromatic carbocycles. The van der Waals surface area contributed by atoms with E-state index in [1.165, 1.54) is 38.5 Å². The number of unbranched alkanes of at least 4 members (excludes halogenated alkanes) is 6. The maximum atomic E-state index is 6.06. The van der Waals surface area contributed by atoms with Crippen LogP contribution in [0, 0.1) is 0 Å². The first-order valence-corrected chi connectivity index (χ1v) is 8.32. The summed E-state index contributed by atoms with van der Waals surface area (Å²) < 4.78 is 0. The van der Waals surface area contributed by atoms with Gasteiger partial charge in [-0.25, -0.2) is 0 Å². The van der Waals surface area contributed by atoms with Crippen LogP contribution in [0.4, 0.5) is 5.69 Å². The molecule has 0 atom stereocenters. The number of hydrogen-bond acceptors (Lipinski definition) is 1. The lowest BCUT2D eigenvalue weighted by Crippen LogP contribution is -2.29. The van der Waals surface area contributed by atoms with E-state index in [0.29, 0.717) is 10.1 Å². The van der Waals surface area contributed by atoms with E-state index >= 15 is 0 Å². The van der Waals surface area contributed by atoms with E-state index in [4.69, 9.17) is 23.8 Å². The Kier molecular flexibility index (Phi) is 9.42. The van der Waals surface area contributed by atoms with Crippen molar-refractivity contribution in [2.75, 3.05) is 11.9 Å². The molecule has 0 aliphatic heterocycles. The van der Waals surface area contributed by atoms with Gasteiger partial charge in [-0.3, -0.25) is 0 Å². The second-order valence-electron chi connectivity index (χ2n) is 4.98. The van der Waals surface area contributed by atoms with Crippen molar-refractivity contribution in [3.63, 3.8) is 0 Å². The smallest absolute Gasteiger partial charge is 0.170 e. The first kappa shape index (κ1) is 17.3. The minimum atomic E-state index is 0.643. The van der Waals surface area contributed by atoms with Crippen molar-refractivity contribution in [3.8, 4) is 0 Å². The Hall–Kier alpha value is -0.800. The Bertz CT molecular complexity index is 396. The molecule has 0 aliphatic carbocycles. The van der Waals surface area contributed by atoms with Crippen LogP contribution in [0.3, 0.4) is 0 Å². The fraction of sp³-hybridized carbons (Fsp3) is 0.562. The van der Waals surface area contributed by atoms with Crippen LogP contribution in [0.15, 0.2) is 24.3 Å². The quantitative estimate of drug-likeness (QED) is 0.473. The summed E-state index contributed by atoms with van der Waals surface area (Å²) in [6, 6.07) is 7.61. The number of rotatable bonds is 9. The molecular weight excluding hydrogens is 288 g/mol. The maximum absolute atomic E-state index is 6.06. The van der Waals surface area contributed by atoms with E-state index in [9.17, 15) is 0 Å². The van der Waals surface area contributed by atoms with E-state index in [0.717, 1.165) is 18.7 Å². The fourth-order valence-corrected chi connectivity index (χ4v) is 2.41. The predicted molar refractivity (Wildman–Crippen MR) is 93.7 cm³/mol. The van der Waals surface area contributed by atoms with Gasteiger partial charge in [0, 0.05) is 6.54 Å². The normalized spacial score (nSPS) is 10.3. The molecule has 0 radical (unpaired) electrons. The molecule has 0 spiro atoms. The number of nitrogens with one attached hydrogen (secondary N) is 2. The van der Waals surface area contributed by atoms with Crippen molar-refractivity contribution < 1.29 is 0 Å². The van der Waals surface area contributed by atoms with Crippen LogP contribution in [0.25, 0.3) is 0 Å². The van der Waals surface area contributed by atoms with E-state index in [-0.39, 0.29) is 0 Å². The molecule has 0 unspecified atom stereocenters. The Balaban J connectivity index is 2.05. The molecule has 0 bridgehead atoms. The summed E-state index contributed by atoms with van der Waals surface area (Å²) in [6.45, 7) is 3.17. The molecule has 0 aromatic heterocycles. The summed E-state index contributed by atoms with van der Waals surface area (Å²) >= 11 is 11.3. The molecule has 0 saturated heterocycles. The molecule has 20 heavy (non-hydrogen) atoms. The maximum Gasteiger partial charge on any atom is 0.170 e. The van der Waals surface area contributed by atoms with Crippen LogP contribution in [0.2, 0.25) is 5.02 Å². The Labute approximate surface area is 133 Å². The van der Waals surface area contributed by atoms with Gasteiger partial charge in [-0.1, -0.05) is 69.2 Å². The van der Waals surface area contributed by atoms with Gasteiger partial charge in [0.1, 0.15) is 0 Å². The molecule has 0 saturated carbocycles. The lowest BCUT2D eigenvalue weighted by atomic mass is 10.1. The van der Waals surface area contributed by atoms with Crippen LogP contribution < -0.4 is 10.6 Å². The highest BCUT2D eigenvalue weighted by Crippen LogP contribution is 2.20. The van der Waals surface area contributed by atoms with Gasteiger partial charge in [0.15, 0.2) is 5.11 Å². The van der Waals surface area contributed by atoms with Crippen molar-refractivity contribution in [1.82, 2.24) is 5.32 Å². The van der Waals surface area contributed by atoms with Gasteiger partial charge in [0.25, 0.3) is 0 Å². The third-order valence-corrected chi connectivity index (χ3v) is 3.76. The van der Waals surface area contributed by atoms with Crippen LogP contribution in [0.1, 0.15) is 51.9 Å². The fourth-order valence-electron chi connectivity index (χ4n) is 2.01. The highest BCUT2D eigenvalue weighted by Gasteiger charge is 2.00. The highest BCUT2D eigenvalue weighted by molar-refractivity contribution is 7.80. The van der Waals surface area contributed by atoms with Gasteiger partial charge in [0.05, 0.1) is 10.7 Å². The van der Waals surface area contributed by atoms with Crippen LogP contribution >= 0.6 is 23.8 Å². The van der Waals surface area contributed by atoms with Crippen molar-refractivity contribution in [3.05, 3.63) is 29.3 Å². The summed E-state index contributed by atoms with van der Waals surface area (Å²) in [5, 5.41) is 7.67. The van der Waals surface area contributed by atoms with Crippen molar-refractivity contribution in [2.45, 2.75) is 51.9 Å². The molecule has 4 heteroatoms. The van der Waals surface area contributed by atoms with Gasteiger partial charge in [-0.05, 0) is 30.8 Å². The molecular formula is C16H25ClN2S. The lowest BCUT2D eigenvalue weighted by Gasteiger charge is -2.11. The third-order valence-electron chi connectivity index (χ3n) is 3.19. The Morgan fingerprint density at radius 1 is 1.05 bits per heavy atom. The number of para-hydroxylation sites is 1. The number of thiocarbonyl (C=S) groups is 1. The average molecular weight is 313 g/mol. The summed E-state index contributed by atoms with van der Waals surface area (Å²) in [5.41, 5.74) is 0.853. The zero-order valence-corrected chi connectivity index (χ0v) is 13.8. The largest absolute Gasteiger partial charge is 0.362 e. The van der Waals surface area contributed by atoms with Crippen LogP contribution in [-0.4, -0.2) is 11.7 Å². The van der Waals surface area contributed by atoms with Gasteiger partial charge in [-0.15, -0.1) is 0 Å². The summed E-state index contributed by atoms with van der Waals surface area (Å²) in [5.74, 6) is 0. The summed E-state index contributed by atoms with van der Waals surface area (Å²) in [4.78, 5) is 0. The number of hydrogen-bond donors (Lipinski definition) is 2. The SMILES string of the molecule is CCCCCCCCCNC(=S)Nc1ccccc1Cl. The van der Waals surface area contributed by atoms with Gasteiger partial charge in [0.2, 0.25) is 0 Å². The average Bonchev–Trinajstić information content (AvgIpc) is 2.44. The Morgan fingerprint density at radius 3 is 2.40 bits per heavy atom. The van der Waals surface area contributed by atoms with Crippen molar-refractivity contribution >= 4 is 34.6 Å². The lowest BCUT2D eigenvalue weighted by molar-refractivity contribution is 0.586. The second kappa shape index (κ2) is 10.9. The first-order valence-electron chi connectivity index (χ1n) is 7.53. The summed E-state index contributed by atoms with van der Waals surface area (Å²) in [6.07, 6.45) is 9.16. The molecule has 1 aromatic rings. The number of benzene rings is 1. The zero-order valence-electron chi connectivity index (χ0n) is 12.3. The topological polar surface area (TPSA) is 24.1 Å². The monoisotopic (exact) mass is 312 g/mol. The molecule has 0 heterocycles.